The van der Waals surface area contributed by atoms with E-state index >= 15 is 0 Å². The Morgan fingerprint density at radius 3 is 2.54 bits per heavy atom. The fourth-order valence-corrected chi connectivity index (χ4v) is 4.36. The molecule has 1 aromatic carbocycles. The SMILES string of the molecule is Cc1ccccc1CNC(=O)CN1CCCN(CC2CCCCC2)CC1. The smallest absolute Gasteiger partial charge is 0.234 e. The normalized spacial score (nSPS) is 20.7. The molecule has 1 saturated heterocycles. The quantitative estimate of drug-likeness (QED) is 0.849. The third-order valence-corrected chi connectivity index (χ3v) is 6.03. The van der Waals surface area contributed by atoms with Gasteiger partial charge in [0.2, 0.25) is 5.91 Å². The predicted octanol–water partition coefficient (Wildman–Crippen LogP) is 3.20. The van der Waals surface area contributed by atoms with Gasteiger partial charge in [0, 0.05) is 26.2 Å². The van der Waals surface area contributed by atoms with E-state index in [2.05, 4.69) is 34.2 Å². The van der Waals surface area contributed by atoms with Crippen molar-refractivity contribution in [1.29, 1.82) is 0 Å². The van der Waals surface area contributed by atoms with Gasteiger partial charge in [-0.2, -0.15) is 0 Å². The topological polar surface area (TPSA) is 35.6 Å². The number of carbonyl (C=O) groups is 1. The maximum Gasteiger partial charge on any atom is 0.234 e. The van der Waals surface area contributed by atoms with Crippen molar-refractivity contribution in [2.45, 2.75) is 52.0 Å². The molecule has 0 unspecified atom stereocenters. The van der Waals surface area contributed by atoms with Gasteiger partial charge in [0.15, 0.2) is 0 Å². The largest absolute Gasteiger partial charge is 0.351 e. The van der Waals surface area contributed by atoms with Gasteiger partial charge in [-0.1, -0.05) is 43.5 Å². The van der Waals surface area contributed by atoms with Crippen LogP contribution in [-0.4, -0.2) is 55.0 Å². The lowest BCUT2D eigenvalue weighted by molar-refractivity contribution is -0.122. The molecule has 0 aromatic heterocycles. The van der Waals surface area contributed by atoms with Crippen LogP contribution in [0.2, 0.25) is 0 Å². The number of hydrogen-bond acceptors (Lipinski definition) is 3. The summed E-state index contributed by atoms with van der Waals surface area (Å²) in [6, 6.07) is 8.25. The highest BCUT2D eigenvalue weighted by Gasteiger charge is 2.21. The monoisotopic (exact) mass is 357 g/mol. The summed E-state index contributed by atoms with van der Waals surface area (Å²) in [5.41, 5.74) is 2.44. The second-order valence-electron chi connectivity index (χ2n) is 8.14. The number of nitrogens with one attached hydrogen (secondary N) is 1. The molecule has 2 aliphatic rings. The average molecular weight is 358 g/mol. The Morgan fingerprint density at radius 2 is 1.73 bits per heavy atom. The molecule has 0 atom stereocenters. The van der Waals surface area contributed by atoms with E-state index in [0.29, 0.717) is 13.1 Å². The van der Waals surface area contributed by atoms with Crippen molar-refractivity contribution in [3.8, 4) is 0 Å². The first kappa shape index (κ1) is 19.4. The summed E-state index contributed by atoms with van der Waals surface area (Å²) in [7, 11) is 0. The molecule has 26 heavy (non-hydrogen) atoms. The molecule has 144 valence electrons. The first-order valence-corrected chi connectivity index (χ1v) is 10.5. The summed E-state index contributed by atoms with van der Waals surface area (Å²) >= 11 is 0. The van der Waals surface area contributed by atoms with Crippen molar-refractivity contribution in [2.24, 2.45) is 5.92 Å². The van der Waals surface area contributed by atoms with Crippen molar-refractivity contribution in [2.75, 3.05) is 39.3 Å². The van der Waals surface area contributed by atoms with Crippen LogP contribution in [0.3, 0.4) is 0 Å². The summed E-state index contributed by atoms with van der Waals surface area (Å²) in [5.74, 6) is 1.06. The van der Waals surface area contributed by atoms with Gasteiger partial charge in [0.25, 0.3) is 0 Å². The van der Waals surface area contributed by atoms with Crippen molar-refractivity contribution < 1.29 is 4.79 Å². The summed E-state index contributed by atoms with van der Waals surface area (Å²) in [6.45, 7) is 8.89. The van der Waals surface area contributed by atoms with Crippen molar-refractivity contribution in [3.05, 3.63) is 35.4 Å². The minimum absolute atomic E-state index is 0.147. The summed E-state index contributed by atoms with van der Waals surface area (Å²) in [4.78, 5) is 17.3. The Morgan fingerprint density at radius 1 is 1.00 bits per heavy atom. The Bertz CT molecular complexity index is 568. The van der Waals surface area contributed by atoms with Gasteiger partial charge in [0.1, 0.15) is 0 Å². The number of carbonyl (C=O) groups excluding carboxylic acids is 1. The van der Waals surface area contributed by atoms with E-state index in [1.165, 1.54) is 62.7 Å². The molecule has 4 nitrogen and oxygen atoms in total. The van der Waals surface area contributed by atoms with E-state index in [1.807, 2.05) is 12.1 Å². The molecule has 1 aliphatic carbocycles. The molecule has 1 aromatic rings. The lowest BCUT2D eigenvalue weighted by Crippen LogP contribution is -2.39. The van der Waals surface area contributed by atoms with Crippen molar-refractivity contribution in [1.82, 2.24) is 15.1 Å². The average Bonchev–Trinajstić information content (AvgIpc) is 2.87. The molecular weight excluding hydrogens is 322 g/mol. The fraction of sp³-hybridized carbons (Fsp3) is 0.682. The van der Waals surface area contributed by atoms with E-state index in [4.69, 9.17) is 0 Å². The Hall–Kier alpha value is -1.39. The molecule has 0 bridgehead atoms. The zero-order chi connectivity index (χ0) is 18.2. The number of hydrogen-bond donors (Lipinski definition) is 1. The molecule has 3 rings (SSSR count). The molecule has 0 radical (unpaired) electrons. The van der Waals surface area contributed by atoms with E-state index in [0.717, 1.165) is 25.6 Å². The fourth-order valence-electron chi connectivity index (χ4n) is 4.36. The van der Waals surface area contributed by atoms with Gasteiger partial charge in [-0.15, -0.1) is 0 Å². The van der Waals surface area contributed by atoms with E-state index in [9.17, 15) is 4.79 Å². The highest BCUT2D eigenvalue weighted by atomic mass is 16.2. The number of rotatable bonds is 6. The standard InChI is InChI=1S/C22H35N3O/c1-19-8-5-6-11-21(19)16-23-22(26)18-25-13-7-12-24(14-15-25)17-20-9-3-2-4-10-20/h5-6,8,11,20H,2-4,7,9-10,12-18H2,1H3,(H,23,26). The van der Waals surface area contributed by atoms with Crippen LogP contribution in [0.4, 0.5) is 0 Å². The summed E-state index contributed by atoms with van der Waals surface area (Å²) < 4.78 is 0. The molecule has 1 aliphatic heterocycles. The molecule has 1 heterocycles. The maximum absolute atomic E-state index is 12.3. The lowest BCUT2D eigenvalue weighted by Gasteiger charge is -2.28. The third-order valence-electron chi connectivity index (χ3n) is 6.03. The van der Waals surface area contributed by atoms with Crippen LogP contribution < -0.4 is 5.32 Å². The van der Waals surface area contributed by atoms with Crippen LogP contribution in [0.25, 0.3) is 0 Å². The first-order chi connectivity index (χ1) is 12.7. The third kappa shape index (κ3) is 6.10. The minimum atomic E-state index is 0.147. The first-order valence-electron chi connectivity index (χ1n) is 10.5. The van der Waals surface area contributed by atoms with Gasteiger partial charge in [-0.25, -0.2) is 0 Å². The molecule has 1 saturated carbocycles. The van der Waals surface area contributed by atoms with Crippen LogP contribution in [0.1, 0.15) is 49.7 Å². The van der Waals surface area contributed by atoms with Crippen LogP contribution in [0.5, 0.6) is 0 Å². The molecule has 4 heteroatoms. The van der Waals surface area contributed by atoms with E-state index in [-0.39, 0.29) is 5.91 Å². The summed E-state index contributed by atoms with van der Waals surface area (Å²) in [5, 5.41) is 3.09. The number of aryl methyl sites for hydroxylation is 1. The zero-order valence-corrected chi connectivity index (χ0v) is 16.4. The minimum Gasteiger partial charge on any atom is -0.351 e. The lowest BCUT2D eigenvalue weighted by atomic mass is 9.89. The Kier molecular flexibility index (Phi) is 7.51. The van der Waals surface area contributed by atoms with Crippen LogP contribution >= 0.6 is 0 Å². The van der Waals surface area contributed by atoms with Crippen LogP contribution in [0.15, 0.2) is 24.3 Å². The Balaban J connectivity index is 1.38. The van der Waals surface area contributed by atoms with Crippen molar-refractivity contribution >= 4 is 5.91 Å². The molecular formula is C22H35N3O. The maximum atomic E-state index is 12.3. The van der Waals surface area contributed by atoms with Gasteiger partial charge < -0.3 is 10.2 Å². The van der Waals surface area contributed by atoms with Crippen LogP contribution in [0, 0.1) is 12.8 Å². The van der Waals surface area contributed by atoms with E-state index in [1.54, 1.807) is 0 Å². The summed E-state index contributed by atoms with van der Waals surface area (Å²) in [6.07, 6.45) is 8.29. The number of amides is 1. The highest BCUT2D eigenvalue weighted by molar-refractivity contribution is 5.78. The van der Waals surface area contributed by atoms with Gasteiger partial charge >= 0.3 is 0 Å². The molecule has 1 amide bonds. The molecule has 0 spiro atoms. The second-order valence-corrected chi connectivity index (χ2v) is 8.14. The number of nitrogens with zero attached hydrogens (tertiary/aromatic N) is 2. The molecule has 2 fully saturated rings. The highest BCUT2D eigenvalue weighted by Crippen LogP contribution is 2.24. The van der Waals surface area contributed by atoms with Gasteiger partial charge in [0.05, 0.1) is 6.54 Å². The zero-order valence-electron chi connectivity index (χ0n) is 16.4. The molecule has 1 N–H and O–H groups in total. The van der Waals surface area contributed by atoms with Crippen LogP contribution in [-0.2, 0) is 11.3 Å². The number of benzene rings is 1. The van der Waals surface area contributed by atoms with Gasteiger partial charge in [-0.05, 0) is 56.3 Å². The second kappa shape index (κ2) is 10.1. The Labute approximate surface area is 158 Å². The van der Waals surface area contributed by atoms with Crippen molar-refractivity contribution in [3.63, 3.8) is 0 Å². The predicted molar refractivity (Wildman–Crippen MR) is 107 cm³/mol. The van der Waals surface area contributed by atoms with Gasteiger partial charge in [-0.3, -0.25) is 9.69 Å². The van der Waals surface area contributed by atoms with E-state index < -0.39 is 0 Å².